The van der Waals surface area contributed by atoms with Crippen LogP contribution >= 0.6 is 11.6 Å². The maximum Gasteiger partial charge on any atom is 0.404 e. The van der Waals surface area contributed by atoms with Gasteiger partial charge in [-0.3, -0.25) is 0 Å². The summed E-state index contributed by atoms with van der Waals surface area (Å²) in [6.45, 7) is 0.844. The van der Waals surface area contributed by atoms with E-state index in [1.165, 1.54) is 0 Å². The number of rotatable bonds is 5. The second kappa shape index (κ2) is 6.14. The van der Waals surface area contributed by atoms with Gasteiger partial charge in [-0.1, -0.05) is 17.7 Å². The molecule has 1 rings (SSSR count). The van der Waals surface area contributed by atoms with Crippen molar-refractivity contribution in [3.8, 4) is 5.75 Å². The summed E-state index contributed by atoms with van der Waals surface area (Å²) in [7, 11) is 0. The number of carbonyl (C=O) groups is 1. The lowest BCUT2D eigenvalue weighted by Crippen LogP contribution is -2.23. The van der Waals surface area contributed by atoms with Crippen molar-refractivity contribution in [2.75, 3.05) is 13.2 Å². The molecule has 0 fully saturated rings. The molecule has 0 aliphatic carbocycles. The average molecular weight is 230 g/mol. The fraction of sp³-hybridized carbons (Fsp3) is 0.300. The summed E-state index contributed by atoms with van der Waals surface area (Å²) < 4.78 is 5.35. The summed E-state index contributed by atoms with van der Waals surface area (Å²) in [5.74, 6) is 0.692. The molecule has 0 radical (unpaired) electrons. The molecule has 1 amide bonds. The Bertz CT molecular complexity index is 330. The molecule has 4 nitrogen and oxygen atoms in total. The molecule has 0 aromatic heterocycles. The molecule has 0 saturated heterocycles. The van der Waals surface area contributed by atoms with E-state index in [0.29, 0.717) is 30.3 Å². The van der Waals surface area contributed by atoms with Crippen molar-refractivity contribution >= 4 is 17.7 Å². The van der Waals surface area contributed by atoms with Crippen molar-refractivity contribution in [2.24, 2.45) is 0 Å². The van der Waals surface area contributed by atoms with Crippen LogP contribution in [0.1, 0.15) is 6.42 Å². The molecule has 1 aromatic carbocycles. The molecule has 0 saturated carbocycles. The van der Waals surface area contributed by atoms with Crippen LogP contribution in [0.4, 0.5) is 4.79 Å². The summed E-state index contributed by atoms with van der Waals surface area (Å²) in [5, 5.41) is 11.2. The molecule has 0 aliphatic heterocycles. The van der Waals surface area contributed by atoms with E-state index in [2.05, 4.69) is 5.32 Å². The first-order valence-corrected chi connectivity index (χ1v) is 4.91. The van der Waals surface area contributed by atoms with Crippen molar-refractivity contribution in [3.05, 3.63) is 29.3 Å². The van der Waals surface area contributed by atoms with Crippen molar-refractivity contribution in [1.29, 1.82) is 0 Å². The quantitative estimate of drug-likeness (QED) is 0.763. The third kappa shape index (κ3) is 5.12. The lowest BCUT2D eigenvalue weighted by atomic mass is 10.3. The number of hydrogen-bond acceptors (Lipinski definition) is 2. The SMILES string of the molecule is O=C(O)NCCCOc1cccc(Cl)c1. The molecule has 5 heteroatoms. The van der Waals surface area contributed by atoms with Gasteiger partial charge in [0, 0.05) is 11.6 Å². The lowest BCUT2D eigenvalue weighted by molar-refractivity contribution is 0.193. The van der Waals surface area contributed by atoms with Crippen LogP contribution in [0.3, 0.4) is 0 Å². The largest absolute Gasteiger partial charge is 0.493 e. The summed E-state index contributed by atoms with van der Waals surface area (Å²) in [6, 6.07) is 7.08. The first-order valence-electron chi connectivity index (χ1n) is 4.53. The van der Waals surface area contributed by atoms with Gasteiger partial charge in [0.25, 0.3) is 0 Å². The van der Waals surface area contributed by atoms with Gasteiger partial charge in [0.1, 0.15) is 5.75 Å². The van der Waals surface area contributed by atoms with E-state index in [4.69, 9.17) is 21.4 Å². The van der Waals surface area contributed by atoms with E-state index < -0.39 is 6.09 Å². The maximum atomic E-state index is 10.1. The predicted octanol–water partition coefficient (Wildman–Crippen LogP) is 2.38. The smallest absolute Gasteiger partial charge is 0.404 e. The van der Waals surface area contributed by atoms with E-state index in [0.717, 1.165) is 0 Å². The minimum Gasteiger partial charge on any atom is -0.493 e. The van der Waals surface area contributed by atoms with E-state index in [-0.39, 0.29) is 0 Å². The third-order valence-electron chi connectivity index (χ3n) is 1.66. The number of nitrogens with one attached hydrogen (secondary N) is 1. The molecule has 0 spiro atoms. The fourth-order valence-electron chi connectivity index (χ4n) is 1.01. The van der Waals surface area contributed by atoms with Crippen LogP contribution in [0.5, 0.6) is 5.75 Å². The lowest BCUT2D eigenvalue weighted by Gasteiger charge is -2.05. The number of carboxylic acid groups (broad SMARTS) is 1. The Morgan fingerprint density at radius 1 is 1.53 bits per heavy atom. The van der Waals surface area contributed by atoms with E-state index in [1.807, 2.05) is 0 Å². The van der Waals surface area contributed by atoms with Crippen LogP contribution in [0.15, 0.2) is 24.3 Å². The summed E-state index contributed by atoms with van der Waals surface area (Å²) >= 11 is 5.76. The standard InChI is InChI=1S/C10H12ClNO3/c11-8-3-1-4-9(7-8)15-6-2-5-12-10(13)14/h1,3-4,7,12H,2,5-6H2,(H,13,14). The summed E-state index contributed by atoms with van der Waals surface area (Å²) in [4.78, 5) is 10.1. The Labute approximate surface area is 92.8 Å². The van der Waals surface area contributed by atoms with Gasteiger partial charge in [-0.15, -0.1) is 0 Å². The highest BCUT2D eigenvalue weighted by molar-refractivity contribution is 6.30. The molecule has 1 aromatic rings. The topological polar surface area (TPSA) is 58.6 Å². The maximum absolute atomic E-state index is 10.1. The van der Waals surface area contributed by atoms with Gasteiger partial charge in [0.05, 0.1) is 6.61 Å². The Hall–Kier alpha value is -1.42. The highest BCUT2D eigenvalue weighted by atomic mass is 35.5. The monoisotopic (exact) mass is 229 g/mol. The molecule has 15 heavy (non-hydrogen) atoms. The number of ether oxygens (including phenoxy) is 1. The highest BCUT2D eigenvalue weighted by Gasteiger charge is 1.96. The Morgan fingerprint density at radius 2 is 2.33 bits per heavy atom. The summed E-state index contributed by atoms with van der Waals surface area (Å²) in [6.07, 6.45) is -0.392. The van der Waals surface area contributed by atoms with Crippen LogP contribution in [-0.2, 0) is 0 Å². The minimum absolute atomic E-state index is 0.385. The molecule has 0 heterocycles. The van der Waals surface area contributed by atoms with Gasteiger partial charge in [0.2, 0.25) is 0 Å². The first-order chi connectivity index (χ1) is 7.18. The molecule has 2 N–H and O–H groups in total. The van der Waals surface area contributed by atoms with Crippen molar-refractivity contribution in [3.63, 3.8) is 0 Å². The Balaban J connectivity index is 2.17. The third-order valence-corrected chi connectivity index (χ3v) is 1.90. The van der Waals surface area contributed by atoms with Gasteiger partial charge in [-0.2, -0.15) is 0 Å². The normalized spacial score (nSPS) is 9.67. The van der Waals surface area contributed by atoms with Crippen LogP contribution in [0.25, 0.3) is 0 Å². The van der Waals surface area contributed by atoms with E-state index >= 15 is 0 Å². The number of amides is 1. The zero-order chi connectivity index (χ0) is 11.1. The number of hydrogen-bond donors (Lipinski definition) is 2. The van der Waals surface area contributed by atoms with Gasteiger partial charge in [0.15, 0.2) is 0 Å². The molecule has 0 aliphatic rings. The average Bonchev–Trinajstić information content (AvgIpc) is 2.17. The minimum atomic E-state index is -1.02. The van der Waals surface area contributed by atoms with Crippen LogP contribution < -0.4 is 10.1 Å². The zero-order valence-corrected chi connectivity index (χ0v) is 8.83. The molecule has 0 bridgehead atoms. The van der Waals surface area contributed by atoms with Gasteiger partial charge in [-0.05, 0) is 24.6 Å². The van der Waals surface area contributed by atoms with Crippen molar-refractivity contribution in [1.82, 2.24) is 5.32 Å². The van der Waals surface area contributed by atoms with Crippen LogP contribution in [0, 0.1) is 0 Å². The second-order valence-electron chi connectivity index (χ2n) is 2.89. The Morgan fingerprint density at radius 3 is 3.00 bits per heavy atom. The molecular formula is C10H12ClNO3. The van der Waals surface area contributed by atoms with E-state index in [1.54, 1.807) is 24.3 Å². The predicted molar refractivity (Wildman–Crippen MR) is 57.6 cm³/mol. The molecular weight excluding hydrogens is 218 g/mol. The highest BCUT2D eigenvalue weighted by Crippen LogP contribution is 2.16. The Kier molecular flexibility index (Phi) is 4.77. The van der Waals surface area contributed by atoms with Crippen LogP contribution in [-0.4, -0.2) is 24.4 Å². The number of halogens is 1. The van der Waals surface area contributed by atoms with Crippen molar-refractivity contribution < 1.29 is 14.6 Å². The molecule has 0 unspecified atom stereocenters. The number of benzene rings is 1. The van der Waals surface area contributed by atoms with Crippen LogP contribution in [0.2, 0.25) is 5.02 Å². The van der Waals surface area contributed by atoms with E-state index in [9.17, 15) is 4.79 Å². The summed E-state index contributed by atoms with van der Waals surface area (Å²) in [5.41, 5.74) is 0. The first kappa shape index (κ1) is 11.7. The fourth-order valence-corrected chi connectivity index (χ4v) is 1.19. The molecule has 82 valence electrons. The van der Waals surface area contributed by atoms with Crippen molar-refractivity contribution in [2.45, 2.75) is 6.42 Å². The second-order valence-corrected chi connectivity index (χ2v) is 3.33. The molecule has 0 atom stereocenters. The van der Waals surface area contributed by atoms with Gasteiger partial charge < -0.3 is 15.2 Å². The van der Waals surface area contributed by atoms with Gasteiger partial charge in [-0.25, -0.2) is 4.79 Å². The zero-order valence-electron chi connectivity index (χ0n) is 8.07. The van der Waals surface area contributed by atoms with Gasteiger partial charge >= 0.3 is 6.09 Å².